The first-order chi connectivity index (χ1) is 34.0. The number of anilines is 1. The number of methoxy groups -OCH3 is 1. The van der Waals surface area contributed by atoms with Crippen LogP contribution >= 0.6 is 0 Å². The highest BCUT2D eigenvalue weighted by atomic mass is 19.1. The zero-order chi connectivity index (χ0) is 50.0. The average molecular weight is 971 g/mol. The first-order valence-corrected chi connectivity index (χ1v) is 24.2. The maximum Gasteiger partial charge on any atom is 0.319 e. The molecule has 0 saturated carbocycles. The molecule has 6 aromatic rings. The van der Waals surface area contributed by atoms with Gasteiger partial charge in [0.2, 0.25) is 5.88 Å². The number of likely N-dealkylation sites (tertiary alicyclic amines) is 2. The van der Waals surface area contributed by atoms with Crippen LogP contribution in [0, 0.1) is 24.0 Å². The number of terminal acetylenes is 1. The number of benzene rings is 4. The zero-order valence-electron chi connectivity index (χ0n) is 40.4. The van der Waals surface area contributed by atoms with Crippen molar-refractivity contribution in [3.8, 4) is 52.7 Å². The number of nitrogens with zero attached hydrogens (tertiary/aromatic N) is 7. The summed E-state index contributed by atoms with van der Waals surface area (Å²) in [6, 6.07) is 14.4. The van der Waals surface area contributed by atoms with E-state index in [0.717, 1.165) is 29.5 Å². The summed E-state index contributed by atoms with van der Waals surface area (Å²) < 4.78 is 61.0. The molecule has 4 aromatic carbocycles. The zero-order valence-corrected chi connectivity index (χ0v) is 40.4. The molecule has 4 N–H and O–H groups in total. The van der Waals surface area contributed by atoms with Crippen LogP contribution in [0.4, 0.5) is 19.0 Å². The van der Waals surface area contributed by atoms with Gasteiger partial charge in [-0.3, -0.25) is 14.6 Å². The molecule has 370 valence electrons. The van der Waals surface area contributed by atoms with Crippen molar-refractivity contribution in [3.63, 3.8) is 0 Å². The molecule has 2 atom stereocenters. The Morgan fingerprint density at radius 1 is 0.901 bits per heavy atom. The van der Waals surface area contributed by atoms with Gasteiger partial charge in [0.1, 0.15) is 57.3 Å². The van der Waals surface area contributed by atoms with Crippen molar-refractivity contribution in [1.82, 2.24) is 35.0 Å². The number of nitrogens with one attached hydrogen (secondary N) is 1. The first kappa shape index (κ1) is 47.8. The molecule has 10 rings (SSSR count). The van der Waals surface area contributed by atoms with Crippen molar-refractivity contribution in [3.05, 3.63) is 99.6 Å². The molecule has 2 unspecified atom stereocenters. The summed E-state index contributed by atoms with van der Waals surface area (Å²) in [7, 11) is 1.41. The molecule has 0 aliphatic carbocycles. The van der Waals surface area contributed by atoms with Gasteiger partial charge in [-0.15, -0.1) is 6.42 Å². The number of pyridine rings is 1. The lowest BCUT2D eigenvalue weighted by molar-refractivity contribution is -0.0877. The van der Waals surface area contributed by atoms with E-state index in [1.54, 1.807) is 11.0 Å². The lowest BCUT2D eigenvalue weighted by Crippen LogP contribution is -2.67. The topological polar surface area (TPSA) is 160 Å². The molecule has 2 aromatic heterocycles. The normalized spacial score (nSPS) is 19.2. The maximum absolute atomic E-state index is 17.4. The van der Waals surface area contributed by atoms with Crippen LogP contribution in [0.5, 0.6) is 29.1 Å². The number of hydrogen-bond acceptors (Lipinski definition) is 13. The van der Waals surface area contributed by atoms with Gasteiger partial charge in [0, 0.05) is 94.5 Å². The number of carbonyl (C=O) groups excluding carboxylic acids is 1. The molecular formula is C54H57F3N8O6. The number of carbonyl (C=O) groups is 1. The Hall–Kier alpha value is -6.87. The molecule has 17 heteroatoms. The van der Waals surface area contributed by atoms with Crippen molar-refractivity contribution in [1.29, 1.82) is 0 Å². The minimum absolute atomic E-state index is 0.0219. The number of amides is 1. The second-order valence-electron chi connectivity index (χ2n) is 19.9. The number of fused-ring (bicyclic) bond motifs is 3. The fraction of sp³-hybridized carbons (Fsp3) is 0.407. The van der Waals surface area contributed by atoms with E-state index in [9.17, 15) is 20.1 Å². The SMILES string of the molecule is C#Cc1c(F)ccc2cc(O)cc(-c3nc(OC)c4c(N5CC(CC)NC(CC)C5)nc(OC5CN(CC6(F)CN(Cc7ccc8c(c7)CN(C(=O)c7cc(C(C)C)c(O)cc7O)C8)C6)C5)nc4c3F)c12. The van der Waals surface area contributed by atoms with Gasteiger partial charge in [0.15, 0.2) is 5.82 Å². The number of aromatic nitrogens is 3. The van der Waals surface area contributed by atoms with Crippen LogP contribution in [0.15, 0.2) is 54.6 Å². The van der Waals surface area contributed by atoms with Crippen LogP contribution in [0.3, 0.4) is 0 Å². The fourth-order valence-corrected chi connectivity index (χ4v) is 10.8. The number of alkyl halides is 1. The van der Waals surface area contributed by atoms with Crippen molar-refractivity contribution in [2.75, 3.05) is 57.8 Å². The van der Waals surface area contributed by atoms with Crippen LogP contribution in [0.25, 0.3) is 32.9 Å². The summed E-state index contributed by atoms with van der Waals surface area (Å²) in [6.07, 6.45) is 7.04. The highest BCUT2D eigenvalue weighted by Gasteiger charge is 2.47. The van der Waals surface area contributed by atoms with Gasteiger partial charge < -0.3 is 39.9 Å². The Kier molecular flexibility index (Phi) is 12.6. The number of aromatic hydroxyl groups is 3. The molecule has 3 saturated heterocycles. The van der Waals surface area contributed by atoms with Crippen molar-refractivity contribution < 1.29 is 42.8 Å². The number of piperazine rings is 1. The maximum atomic E-state index is 17.4. The van der Waals surface area contributed by atoms with Gasteiger partial charge in [-0.25, -0.2) is 18.2 Å². The predicted molar refractivity (Wildman–Crippen MR) is 264 cm³/mol. The number of phenolic OH excluding ortho intramolecular Hbond substituents is 3. The van der Waals surface area contributed by atoms with Gasteiger partial charge >= 0.3 is 6.01 Å². The summed E-state index contributed by atoms with van der Waals surface area (Å²) in [5.74, 6) is 0.375. The van der Waals surface area contributed by atoms with Crippen molar-refractivity contribution in [2.24, 2.45) is 0 Å². The van der Waals surface area contributed by atoms with E-state index >= 15 is 13.2 Å². The van der Waals surface area contributed by atoms with E-state index in [-0.39, 0.29) is 111 Å². The molecule has 14 nitrogen and oxygen atoms in total. The van der Waals surface area contributed by atoms with Gasteiger partial charge in [-0.1, -0.05) is 57.9 Å². The first-order valence-electron chi connectivity index (χ1n) is 24.2. The van der Waals surface area contributed by atoms with Crippen LogP contribution in [0.1, 0.15) is 84.6 Å². The van der Waals surface area contributed by atoms with Crippen molar-refractivity contribution >= 4 is 33.4 Å². The van der Waals surface area contributed by atoms with Crippen LogP contribution in [0.2, 0.25) is 0 Å². The molecule has 0 radical (unpaired) electrons. The van der Waals surface area contributed by atoms with Crippen LogP contribution in [-0.2, 0) is 19.6 Å². The molecular weight excluding hydrogens is 914 g/mol. The van der Waals surface area contributed by atoms with Crippen LogP contribution < -0.4 is 19.7 Å². The third kappa shape index (κ3) is 8.97. The minimum atomic E-state index is -1.44. The Balaban J connectivity index is 0.838. The lowest BCUT2D eigenvalue weighted by Gasteiger charge is -2.49. The Labute approximate surface area is 410 Å². The highest BCUT2D eigenvalue weighted by Crippen LogP contribution is 2.43. The number of hydrogen-bond donors (Lipinski definition) is 4. The second-order valence-corrected chi connectivity index (χ2v) is 19.9. The van der Waals surface area contributed by atoms with E-state index in [2.05, 4.69) is 50.9 Å². The van der Waals surface area contributed by atoms with E-state index in [0.29, 0.717) is 62.6 Å². The van der Waals surface area contributed by atoms with E-state index in [4.69, 9.17) is 20.9 Å². The second kappa shape index (κ2) is 18.7. The predicted octanol–water partition coefficient (Wildman–Crippen LogP) is 7.76. The number of rotatable bonds is 13. The number of phenols is 3. The molecule has 0 spiro atoms. The summed E-state index contributed by atoms with van der Waals surface area (Å²) in [5, 5.41) is 36.1. The molecule has 0 bridgehead atoms. The molecule has 6 heterocycles. The quantitative estimate of drug-likeness (QED) is 0.0833. The molecule has 3 fully saturated rings. The summed E-state index contributed by atoms with van der Waals surface area (Å²) in [5.41, 5.74) is 1.88. The summed E-state index contributed by atoms with van der Waals surface area (Å²) in [6.45, 7) is 11.9. The largest absolute Gasteiger partial charge is 0.508 e. The van der Waals surface area contributed by atoms with Gasteiger partial charge in [-0.2, -0.15) is 9.97 Å². The Morgan fingerprint density at radius 2 is 1.63 bits per heavy atom. The average Bonchev–Trinajstić information content (AvgIpc) is 3.76. The molecule has 71 heavy (non-hydrogen) atoms. The number of ether oxygens (including phenoxy) is 2. The van der Waals surface area contributed by atoms with Gasteiger partial charge in [0.05, 0.1) is 18.2 Å². The van der Waals surface area contributed by atoms with Gasteiger partial charge in [-0.05, 0) is 70.7 Å². The summed E-state index contributed by atoms with van der Waals surface area (Å²) in [4.78, 5) is 35.5. The monoisotopic (exact) mass is 970 g/mol. The van der Waals surface area contributed by atoms with Crippen LogP contribution in [-0.4, -0.2) is 128 Å². The Bertz CT molecular complexity index is 3120. The smallest absolute Gasteiger partial charge is 0.319 e. The van der Waals surface area contributed by atoms with E-state index in [1.807, 2.05) is 30.9 Å². The van der Waals surface area contributed by atoms with E-state index in [1.165, 1.54) is 37.4 Å². The Morgan fingerprint density at radius 3 is 2.32 bits per heavy atom. The summed E-state index contributed by atoms with van der Waals surface area (Å²) >= 11 is 0. The van der Waals surface area contributed by atoms with Gasteiger partial charge in [0.25, 0.3) is 5.91 Å². The molecule has 1 amide bonds. The molecule has 4 aliphatic heterocycles. The standard InChI is InChI=1S/C54H57F3N8O6/c1-7-34-22-64(23-35(8-2)58-34)50-46-49(47(56)48(59-51(46)70-6)41-16-36(66)15-31-12-13-42(55)38(9-3)45(31)41)60-53(61-50)71-37-24-62(25-37)26-54(57)27-63(28-54)19-30-10-11-32-20-65(21-33(32)14-30)52(69)40-17-39(29(4)5)43(67)18-44(40)68/h3,10-18,29,34-35,37,58,66-68H,7-8,19-28H2,1-2,4-6H3. The third-order valence-electron chi connectivity index (χ3n) is 14.4. The fourth-order valence-electron chi connectivity index (χ4n) is 10.8. The molecule has 4 aliphatic rings. The van der Waals surface area contributed by atoms with Crippen molar-refractivity contribution in [2.45, 2.75) is 89.9 Å². The van der Waals surface area contributed by atoms with E-state index < -0.39 is 23.4 Å². The third-order valence-corrected chi connectivity index (χ3v) is 14.4. The highest BCUT2D eigenvalue weighted by molar-refractivity contribution is 6.04. The number of halogens is 3. The minimum Gasteiger partial charge on any atom is -0.508 e. The lowest BCUT2D eigenvalue weighted by atomic mass is 9.93.